The zero-order valence-corrected chi connectivity index (χ0v) is 20.2. The van der Waals surface area contributed by atoms with Crippen LogP contribution in [0.25, 0.3) is 11.3 Å². The molecule has 0 saturated carbocycles. The second kappa shape index (κ2) is 11.4. The highest BCUT2D eigenvalue weighted by atomic mass is 32.1. The number of ether oxygens (including phenoxy) is 2. The van der Waals surface area contributed by atoms with Gasteiger partial charge in [-0.25, -0.2) is 9.38 Å². The molecule has 34 heavy (non-hydrogen) atoms. The SMILES string of the molecule is COc1cc(-c2csc(=Nc3ccc(F)c(C)c3)n2CCNC=O)ccc1CN1CCOCC1. The number of amides is 1. The van der Waals surface area contributed by atoms with E-state index in [-0.39, 0.29) is 5.82 Å². The monoisotopic (exact) mass is 484 g/mol. The van der Waals surface area contributed by atoms with Gasteiger partial charge in [0.05, 0.1) is 31.7 Å². The summed E-state index contributed by atoms with van der Waals surface area (Å²) < 4.78 is 26.9. The molecule has 1 aromatic heterocycles. The highest BCUT2D eigenvalue weighted by Crippen LogP contribution is 2.29. The van der Waals surface area contributed by atoms with Crippen LogP contribution >= 0.6 is 11.3 Å². The first kappa shape index (κ1) is 24.1. The lowest BCUT2D eigenvalue weighted by atomic mass is 10.1. The lowest BCUT2D eigenvalue weighted by molar-refractivity contribution is -0.109. The molecule has 1 N–H and O–H groups in total. The molecule has 7 nitrogen and oxygen atoms in total. The van der Waals surface area contributed by atoms with Gasteiger partial charge < -0.3 is 19.4 Å². The first-order valence-electron chi connectivity index (χ1n) is 11.2. The molecule has 0 atom stereocenters. The minimum atomic E-state index is -0.252. The molecule has 1 amide bonds. The summed E-state index contributed by atoms with van der Waals surface area (Å²) in [5.41, 5.74) is 4.34. The van der Waals surface area contributed by atoms with Crippen molar-refractivity contribution >= 4 is 23.4 Å². The van der Waals surface area contributed by atoms with Gasteiger partial charge in [-0.15, -0.1) is 11.3 Å². The van der Waals surface area contributed by atoms with Crippen molar-refractivity contribution in [1.29, 1.82) is 0 Å². The lowest BCUT2D eigenvalue weighted by Crippen LogP contribution is -2.35. The molecule has 1 aliphatic rings. The quantitative estimate of drug-likeness (QED) is 0.373. The first-order chi connectivity index (χ1) is 16.6. The number of aryl methyl sites for hydroxylation is 1. The van der Waals surface area contributed by atoms with Crippen molar-refractivity contribution in [3.8, 4) is 17.0 Å². The van der Waals surface area contributed by atoms with E-state index in [0.717, 1.165) is 60.2 Å². The zero-order chi connectivity index (χ0) is 23.9. The molecule has 0 spiro atoms. The lowest BCUT2D eigenvalue weighted by Gasteiger charge is -2.27. The number of thiazole rings is 1. The van der Waals surface area contributed by atoms with Gasteiger partial charge in [0, 0.05) is 49.2 Å². The summed E-state index contributed by atoms with van der Waals surface area (Å²) in [6, 6.07) is 11.1. The minimum Gasteiger partial charge on any atom is -0.496 e. The molecule has 1 fully saturated rings. The van der Waals surface area contributed by atoms with E-state index in [4.69, 9.17) is 14.5 Å². The fourth-order valence-corrected chi connectivity index (χ4v) is 4.90. The predicted octanol–water partition coefficient (Wildman–Crippen LogP) is 3.48. The smallest absolute Gasteiger partial charge is 0.207 e. The van der Waals surface area contributed by atoms with E-state index < -0.39 is 0 Å². The zero-order valence-electron chi connectivity index (χ0n) is 19.4. The number of carbonyl (C=O) groups excluding carboxylic acids is 1. The molecule has 4 rings (SSSR count). The van der Waals surface area contributed by atoms with Crippen LogP contribution in [0, 0.1) is 12.7 Å². The number of carbonyl (C=O) groups is 1. The molecule has 0 unspecified atom stereocenters. The summed E-state index contributed by atoms with van der Waals surface area (Å²) in [5.74, 6) is 0.582. The van der Waals surface area contributed by atoms with Crippen LogP contribution in [-0.2, 0) is 22.6 Å². The van der Waals surface area contributed by atoms with Crippen molar-refractivity contribution in [1.82, 2.24) is 14.8 Å². The van der Waals surface area contributed by atoms with Crippen LogP contribution in [0.4, 0.5) is 10.1 Å². The van der Waals surface area contributed by atoms with Gasteiger partial charge in [0.2, 0.25) is 6.41 Å². The second-order valence-corrected chi connectivity index (χ2v) is 8.92. The minimum absolute atomic E-state index is 0.252. The van der Waals surface area contributed by atoms with Crippen molar-refractivity contribution in [2.45, 2.75) is 20.0 Å². The Morgan fingerprint density at radius 3 is 2.79 bits per heavy atom. The summed E-state index contributed by atoms with van der Waals surface area (Å²) in [5, 5.41) is 4.77. The number of hydrogen-bond donors (Lipinski definition) is 1. The molecule has 9 heteroatoms. The summed E-state index contributed by atoms with van der Waals surface area (Å²) in [6.07, 6.45) is 0.691. The normalized spacial score (nSPS) is 14.9. The van der Waals surface area contributed by atoms with Gasteiger partial charge in [-0.05, 0) is 36.8 Å². The van der Waals surface area contributed by atoms with Crippen LogP contribution in [0.2, 0.25) is 0 Å². The molecular weight excluding hydrogens is 455 g/mol. The third kappa shape index (κ3) is 5.72. The van der Waals surface area contributed by atoms with Gasteiger partial charge in [0.1, 0.15) is 11.6 Å². The Morgan fingerprint density at radius 1 is 1.24 bits per heavy atom. The van der Waals surface area contributed by atoms with Crippen LogP contribution in [0.3, 0.4) is 0 Å². The maximum atomic E-state index is 13.7. The maximum absolute atomic E-state index is 13.7. The Balaban J connectivity index is 1.69. The number of rotatable bonds is 9. The molecule has 3 aromatic rings. The van der Waals surface area contributed by atoms with E-state index in [1.807, 2.05) is 11.4 Å². The average molecular weight is 485 g/mol. The van der Waals surface area contributed by atoms with Crippen molar-refractivity contribution in [2.75, 3.05) is 40.0 Å². The maximum Gasteiger partial charge on any atom is 0.207 e. The fourth-order valence-electron chi connectivity index (χ4n) is 3.94. The van der Waals surface area contributed by atoms with E-state index in [1.54, 1.807) is 26.2 Å². The van der Waals surface area contributed by atoms with Crippen molar-refractivity contribution in [3.05, 3.63) is 63.5 Å². The van der Waals surface area contributed by atoms with Crippen molar-refractivity contribution in [2.24, 2.45) is 4.99 Å². The Kier molecular flexibility index (Phi) is 8.10. The summed E-state index contributed by atoms with van der Waals surface area (Å²) in [7, 11) is 1.69. The van der Waals surface area contributed by atoms with E-state index >= 15 is 0 Å². The number of halogens is 1. The van der Waals surface area contributed by atoms with Crippen LogP contribution in [-0.4, -0.2) is 55.8 Å². The molecule has 0 aliphatic carbocycles. The van der Waals surface area contributed by atoms with Crippen molar-refractivity contribution in [3.63, 3.8) is 0 Å². The average Bonchev–Trinajstić information content (AvgIpc) is 3.24. The third-order valence-corrected chi connectivity index (χ3v) is 6.67. The van der Waals surface area contributed by atoms with Crippen LogP contribution < -0.4 is 14.9 Å². The molecular formula is C25H29FN4O3S. The molecule has 0 bridgehead atoms. The molecule has 1 saturated heterocycles. The van der Waals surface area contributed by atoms with Gasteiger partial charge in [0.25, 0.3) is 0 Å². The van der Waals surface area contributed by atoms with Gasteiger partial charge in [-0.1, -0.05) is 12.1 Å². The number of benzene rings is 2. The molecule has 0 radical (unpaired) electrons. The summed E-state index contributed by atoms with van der Waals surface area (Å²) in [6.45, 7) is 6.88. The molecule has 2 heterocycles. The standard InChI is InChI=1S/C25H29FN4O3S/c1-18-13-21(5-6-22(18)26)28-25-30(8-7-27-17-31)23(16-34-25)19-3-4-20(24(14-19)32-2)15-29-9-11-33-12-10-29/h3-6,13-14,16-17H,7-12,15H2,1-2H3,(H,27,31). The molecule has 2 aromatic carbocycles. The first-order valence-corrected chi connectivity index (χ1v) is 12.1. The number of hydrogen-bond acceptors (Lipinski definition) is 6. The highest BCUT2D eigenvalue weighted by Gasteiger charge is 2.16. The van der Waals surface area contributed by atoms with Crippen LogP contribution in [0.1, 0.15) is 11.1 Å². The Morgan fingerprint density at radius 2 is 2.06 bits per heavy atom. The van der Waals surface area contributed by atoms with Gasteiger partial charge >= 0.3 is 0 Å². The number of aromatic nitrogens is 1. The van der Waals surface area contributed by atoms with E-state index in [9.17, 15) is 9.18 Å². The van der Waals surface area contributed by atoms with Crippen molar-refractivity contribution < 1.29 is 18.7 Å². The predicted molar refractivity (Wildman–Crippen MR) is 131 cm³/mol. The Labute approximate surface area is 202 Å². The van der Waals surface area contributed by atoms with Gasteiger partial charge in [-0.3, -0.25) is 9.69 Å². The third-order valence-electron chi connectivity index (χ3n) is 5.81. The van der Waals surface area contributed by atoms with E-state index in [0.29, 0.717) is 30.8 Å². The number of methoxy groups -OCH3 is 1. The van der Waals surface area contributed by atoms with Gasteiger partial charge in [-0.2, -0.15) is 0 Å². The van der Waals surface area contributed by atoms with E-state index in [2.05, 4.69) is 26.9 Å². The molecule has 1 aliphatic heterocycles. The second-order valence-electron chi connectivity index (χ2n) is 8.09. The number of nitrogens with one attached hydrogen (secondary N) is 1. The van der Waals surface area contributed by atoms with Crippen LogP contribution in [0.15, 0.2) is 46.8 Å². The Hall–Kier alpha value is -3.01. The van der Waals surface area contributed by atoms with Gasteiger partial charge in [0.15, 0.2) is 4.80 Å². The van der Waals surface area contributed by atoms with E-state index in [1.165, 1.54) is 17.4 Å². The summed E-state index contributed by atoms with van der Waals surface area (Å²) in [4.78, 5) is 18.7. The van der Waals surface area contributed by atoms with Crippen LogP contribution in [0.5, 0.6) is 5.75 Å². The number of nitrogens with zero attached hydrogens (tertiary/aromatic N) is 3. The highest BCUT2D eigenvalue weighted by molar-refractivity contribution is 7.07. The largest absolute Gasteiger partial charge is 0.496 e. The molecule has 180 valence electrons. The number of morpholine rings is 1. The topological polar surface area (TPSA) is 68.1 Å². The summed E-state index contributed by atoms with van der Waals surface area (Å²) >= 11 is 1.50. The Bertz CT molecular complexity index is 1200. The fraction of sp³-hybridized carbons (Fsp3) is 0.360.